The summed E-state index contributed by atoms with van der Waals surface area (Å²) in [5.74, 6) is 1.16. The Kier molecular flexibility index (Phi) is 5.09. The monoisotopic (exact) mass is 391 g/mol. The molecule has 0 N–H and O–H groups in total. The second-order valence-corrected chi connectivity index (χ2v) is 7.37. The molecule has 6 nitrogen and oxygen atoms in total. The van der Waals surface area contributed by atoms with Gasteiger partial charge in [-0.25, -0.2) is 0 Å². The third-order valence-electron chi connectivity index (χ3n) is 5.57. The number of carbonyl (C=O) groups excluding carboxylic acids is 1. The molecule has 0 unspecified atom stereocenters. The second-order valence-electron chi connectivity index (χ2n) is 7.37. The quantitative estimate of drug-likeness (QED) is 0.800. The van der Waals surface area contributed by atoms with E-state index in [2.05, 4.69) is 12.1 Å². The second kappa shape index (κ2) is 7.70. The van der Waals surface area contributed by atoms with Gasteiger partial charge in [0.05, 0.1) is 25.6 Å². The number of likely N-dealkylation sites (tertiary alicyclic amines) is 1. The zero-order valence-electron chi connectivity index (χ0n) is 17.0. The van der Waals surface area contributed by atoms with Crippen molar-refractivity contribution < 1.29 is 14.3 Å². The first-order valence-electron chi connectivity index (χ1n) is 9.79. The Labute approximate surface area is 170 Å². The first kappa shape index (κ1) is 19.2. The van der Waals surface area contributed by atoms with Gasteiger partial charge in [0.25, 0.3) is 5.91 Å². The third kappa shape index (κ3) is 3.62. The van der Waals surface area contributed by atoms with Gasteiger partial charge in [-0.1, -0.05) is 30.3 Å². The number of hydrogen-bond acceptors (Lipinski definition) is 5. The largest absolute Gasteiger partial charge is 0.493 e. The number of nitrogens with zero attached hydrogens (tertiary/aromatic N) is 3. The van der Waals surface area contributed by atoms with Crippen molar-refractivity contribution in [1.82, 2.24) is 4.90 Å². The molecular weight excluding hydrogens is 366 g/mol. The molecule has 2 aromatic rings. The highest BCUT2D eigenvalue weighted by atomic mass is 16.5. The van der Waals surface area contributed by atoms with Crippen molar-refractivity contribution in [3.63, 3.8) is 0 Å². The van der Waals surface area contributed by atoms with E-state index in [4.69, 9.17) is 19.5 Å². The number of amides is 1. The molecule has 1 fully saturated rings. The van der Waals surface area contributed by atoms with Crippen molar-refractivity contribution in [2.24, 2.45) is 9.98 Å². The van der Waals surface area contributed by atoms with Crippen LogP contribution in [0.5, 0.6) is 11.5 Å². The van der Waals surface area contributed by atoms with Crippen molar-refractivity contribution in [1.29, 1.82) is 0 Å². The lowest BCUT2D eigenvalue weighted by Crippen LogP contribution is -2.44. The topological polar surface area (TPSA) is 63.5 Å². The maximum absolute atomic E-state index is 13.0. The minimum atomic E-state index is -0.441. The van der Waals surface area contributed by atoms with Crippen molar-refractivity contribution in [2.45, 2.75) is 25.4 Å². The highest BCUT2D eigenvalue weighted by Gasteiger charge is 2.39. The molecule has 1 amide bonds. The lowest BCUT2D eigenvalue weighted by molar-refractivity contribution is 0.0678. The van der Waals surface area contributed by atoms with Crippen LogP contribution in [0.4, 0.5) is 0 Å². The fourth-order valence-corrected chi connectivity index (χ4v) is 3.99. The van der Waals surface area contributed by atoms with E-state index in [1.807, 2.05) is 30.0 Å². The van der Waals surface area contributed by atoms with Crippen LogP contribution in [0.3, 0.4) is 0 Å². The van der Waals surface area contributed by atoms with E-state index >= 15 is 0 Å². The molecule has 2 aliphatic heterocycles. The number of hydrogen-bond donors (Lipinski definition) is 0. The molecule has 4 rings (SSSR count). The van der Waals surface area contributed by atoms with Gasteiger partial charge in [0.1, 0.15) is 0 Å². The molecule has 0 aromatic heterocycles. The van der Waals surface area contributed by atoms with Crippen LogP contribution < -0.4 is 9.47 Å². The smallest absolute Gasteiger partial charge is 0.253 e. The SMILES string of the molecule is COc1ccc(C(=O)N2CCC3(CC2)N=C(C)C(c2ccccc2)=N3)cc1OC. The first-order chi connectivity index (χ1) is 14.0. The van der Waals surface area contributed by atoms with Crippen LogP contribution >= 0.6 is 0 Å². The number of methoxy groups -OCH3 is 2. The molecule has 0 aliphatic carbocycles. The summed E-state index contributed by atoms with van der Waals surface area (Å²) in [5.41, 5.74) is 3.18. The molecule has 1 saturated heterocycles. The van der Waals surface area contributed by atoms with Gasteiger partial charge in [0.15, 0.2) is 17.2 Å². The maximum Gasteiger partial charge on any atom is 0.253 e. The minimum absolute atomic E-state index is 0.00763. The van der Waals surface area contributed by atoms with Crippen LogP contribution in [0.2, 0.25) is 0 Å². The van der Waals surface area contributed by atoms with Crippen molar-refractivity contribution in [3.8, 4) is 11.5 Å². The van der Waals surface area contributed by atoms with E-state index < -0.39 is 5.66 Å². The minimum Gasteiger partial charge on any atom is -0.493 e. The van der Waals surface area contributed by atoms with E-state index in [0.29, 0.717) is 30.2 Å². The summed E-state index contributed by atoms with van der Waals surface area (Å²) in [6.07, 6.45) is 1.44. The molecule has 6 heteroatoms. The maximum atomic E-state index is 13.0. The summed E-state index contributed by atoms with van der Waals surface area (Å²) in [5, 5.41) is 0. The van der Waals surface area contributed by atoms with Crippen LogP contribution in [0.1, 0.15) is 35.7 Å². The van der Waals surface area contributed by atoms with E-state index in [1.54, 1.807) is 32.4 Å². The standard InChI is InChI=1S/C23H25N3O3/c1-16-21(17-7-5-4-6-8-17)25-23(24-16)11-13-26(14-12-23)22(27)18-9-10-19(28-2)20(15-18)29-3/h4-10,15H,11-14H2,1-3H3. The Bertz CT molecular complexity index is 974. The van der Waals surface area contributed by atoms with Crippen LogP contribution in [-0.2, 0) is 0 Å². The van der Waals surface area contributed by atoms with Crippen molar-refractivity contribution in [2.75, 3.05) is 27.3 Å². The number of piperidine rings is 1. The summed E-state index contributed by atoms with van der Waals surface area (Å²) in [6.45, 7) is 3.26. The molecular formula is C23H25N3O3. The Morgan fingerprint density at radius 3 is 2.31 bits per heavy atom. The van der Waals surface area contributed by atoms with Gasteiger partial charge >= 0.3 is 0 Å². The highest BCUT2D eigenvalue weighted by Crippen LogP contribution is 2.34. The van der Waals surface area contributed by atoms with Gasteiger partial charge in [0.2, 0.25) is 0 Å². The van der Waals surface area contributed by atoms with E-state index in [-0.39, 0.29) is 5.91 Å². The Morgan fingerprint density at radius 2 is 1.66 bits per heavy atom. The van der Waals surface area contributed by atoms with Gasteiger partial charge in [-0.15, -0.1) is 0 Å². The Morgan fingerprint density at radius 1 is 0.966 bits per heavy atom. The predicted molar refractivity (Wildman–Crippen MR) is 114 cm³/mol. The molecule has 2 aliphatic rings. The van der Waals surface area contributed by atoms with Crippen LogP contribution in [0.25, 0.3) is 0 Å². The molecule has 2 aromatic carbocycles. The summed E-state index contributed by atoms with van der Waals surface area (Å²) < 4.78 is 10.6. The first-order valence-corrected chi connectivity index (χ1v) is 9.79. The average molecular weight is 391 g/mol. The summed E-state index contributed by atoms with van der Waals surface area (Å²) in [6, 6.07) is 15.4. The molecule has 150 valence electrons. The number of carbonyl (C=O) groups is 1. The zero-order chi connectivity index (χ0) is 20.4. The van der Waals surface area contributed by atoms with Gasteiger partial charge < -0.3 is 14.4 Å². The van der Waals surface area contributed by atoms with Crippen LogP contribution in [-0.4, -0.2) is 55.2 Å². The van der Waals surface area contributed by atoms with Gasteiger partial charge in [-0.2, -0.15) is 0 Å². The molecule has 0 saturated carbocycles. The highest BCUT2D eigenvalue weighted by molar-refractivity contribution is 6.48. The predicted octanol–water partition coefficient (Wildman–Crippen LogP) is 3.60. The molecule has 0 atom stereocenters. The Balaban J connectivity index is 1.49. The fraction of sp³-hybridized carbons (Fsp3) is 0.348. The van der Waals surface area contributed by atoms with Crippen molar-refractivity contribution in [3.05, 3.63) is 59.7 Å². The average Bonchev–Trinajstić information content (AvgIpc) is 3.09. The van der Waals surface area contributed by atoms with Crippen LogP contribution in [0, 0.1) is 0 Å². The molecule has 2 heterocycles. The van der Waals surface area contributed by atoms with E-state index in [0.717, 1.165) is 29.8 Å². The molecule has 0 bridgehead atoms. The number of benzene rings is 2. The van der Waals surface area contributed by atoms with Gasteiger partial charge in [-0.3, -0.25) is 14.8 Å². The molecule has 29 heavy (non-hydrogen) atoms. The third-order valence-corrected chi connectivity index (χ3v) is 5.57. The van der Waals surface area contributed by atoms with Crippen molar-refractivity contribution >= 4 is 17.3 Å². The number of aliphatic imine (C=N–C) groups is 2. The molecule has 1 spiro atoms. The number of ether oxygens (including phenoxy) is 2. The van der Waals surface area contributed by atoms with E-state index in [1.165, 1.54) is 0 Å². The summed E-state index contributed by atoms with van der Waals surface area (Å²) in [7, 11) is 3.15. The summed E-state index contributed by atoms with van der Waals surface area (Å²) in [4.78, 5) is 24.7. The number of rotatable bonds is 4. The Hall–Kier alpha value is -3.15. The lowest BCUT2D eigenvalue weighted by atomic mass is 9.97. The van der Waals surface area contributed by atoms with E-state index in [9.17, 15) is 4.79 Å². The summed E-state index contributed by atoms with van der Waals surface area (Å²) >= 11 is 0. The zero-order valence-corrected chi connectivity index (χ0v) is 17.0. The normalized spacial score (nSPS) is 17.7. The molecule has 0 radical (unpaired) electrons. The fourth-order valence-electron chi connectivity index (χ4n) is 3.99. The lowest BCUT2D eigenvalue weighted by Gasteiger charge is -2.35. The van der Waals surface area contributed by atoms with Gasteiger partial charge in [-0.05, 0) is 25.1 Å². The van der Waals surface area contributed by atoms with Gasteiger partial charge in [0, 0.05) is 37.1 Å². The van der Waals surface area contributed by atoms with Crippen LogP contribution in [0.15, 0.2) is 58.5 Å².